The Morgan fingerprint density at radius 1 is 0.917 bits per heavy atom. The van der Waals surface area contributed by atoms with Crippen LogP contribution in [-0.2, 0) is 6.14 Å². The minimum atomic E-state index is -3.55. The first-order chi connectivity index (χ1) is 5.52. The Bertz CT molecular complexity index is 379. The number of rotatable bonds is 1. The van der Waals surface area contributed by atoms with Crippen molar-refractivity contribution in [1.82, 2.24) is 0 Å². The topological polar surface area (TPSA) is 34.1 Å². The summed E-state index contributed by atoms with van der Waals surface area (Å²) in [6.07, 6.45) is 0. The van der Waals surface area contributed by atoms with E-state index in [4.69, 9.17) is 34.8 Å². The fourth-order valence-corrected chi connectivity index (χ4v) is 2.88. The lowest BCUT2D eigenvalue weighted by atomic mass is 10.4. The van der Waals surface area contributed by atoms with Gasteiger partial charge in [-0.3, -0.25) is 0 Å². The standard InChI is InChI=1S/C6H2Cl3IO2/c7-3-1-5(9)6(10(11)12)2-4(3)8/h1-2H. The summed E-state index contributed by atoms with van der Waals surface area (Å²) in [6.45, 7) is 0. The van der Waals surface area contributed by atoms with Gasteiger partial charge in [-0.15, -0.1) is 0 Å². The molecule has 6 heteroatoms. The molecule has 1 rings (SSSR count). The monoisotopic (exact) mass is 338 g/mol. The minimum absolute atomic E-state index is 0.0790. The summed E-state index contributed by atoms with van der Waals surface area (Å²) in [4.78, 5) is 0. The summed E-state index contributed by atoms with van der Waals surface area (Å²) in [5.41, 5.74) is 0. The molecule has 0 radical (unpaired) electrons. The molecule has 1 aromatic carbocycles. The van der Waals surface area contributed by atoms with Crippen molar-refractivity contribution < 1.29 is 6.14 Å². The van der Waals surface area contributed by atoms with E-state index in [2.05, 4.69) is 0 Å². The van der Waals surface area contributed by atoms with E-state index < -0.39 is 19.8 Å². The van der Waals surface area contributed by atoms with Gasteiger partial charge >= 0.3 is 19.8 Å². The molecule has 0 amide bonds. The predicted octanol–water partition coefficient (Wildman–Crippen LogP) is 4.01. The third-order valence-corrected chi connectivity index (χ3v) is 4.32. The van der Waals surface area contributed by atoms with Gasteiger partial charge in [0.1, 0.15) is 0 Å². The molecule has 0 saturated carbocycles. The molecule has 0 atom stereocenters. The van der Waals surface area contributed by atoms with E-state index in [1.54, 1.807) is 0 Å². The summed E-state index contributed by atoms with van der Waals surface area (Å²) in [6, 6.07) is 2.58. The summed E-state index contributed by atoms with van der Waals surface area (Å²) >= 11 is 13.2. The minimum Gasteiger partial charge on any atom is -0.230 e. The van der Waals surface area contributed by atoms with Gasteiger partial charge in [-0.05, 0) is 12.1 Å². The second-order valence-corrected chi connectivity index (χ2v) is 5.52. The summed E-state index contributed by atoms with van der Waals surface area (Å²) in [5.74, 6) is 0. The van der Waals surface area contributed by atoms with Crippen molar-refractivity contribution in [3.8, 4) is 0 Å². The van der Waals surface area contributed by atoms with Crippen molar-refractivity contribution in [3.63, 3.8) is 0 Å². The van der Waals surface area contributed by atoms with Crippen LogP contribution in [0.2, 0.25) is 15.1 Å². The number of halogens is 4. The van der Waals surface area contributed by atoms with Crippen LogP contribution in [0.4, 0.5) is 0 Å². The first kappa shape index (κ1) is 10.5. The van der Waals surface area contributed by atoms with Gasteiger partial charge < -0.3 is 0 Å². The van der Waals surface area contributed by atoms with E-state index in [-0.39, 0.29) is 18.6 Å². The van der Waals surface area contributed by atoms with Gasteiger partial charge in [0.05, 0.1) is 18.6 Å². The van der Waals surface area contributed by atoms with E-state index in [0.717, 1.165) is 0 Å². The van der Waals surface area contributed by atoms with Crippen molar-refractivity contribution in [2.24, 2.45) is 0 Å². The molecular weight excluding hydrogens is 337 g/mol. The van der Waals surface area contributed by atoms with Gasteiger partial charge in [-0.25, -0.2) is 6.14 Å². The zero-order chi connectivity index (χ0) is 9.30. The largest absolute Gasteiger partial charge is 0.342 e. The Labute approximate surface area is 91.0 Å². The second-order valence-electron chi connectivity index (χ2n) is 1.90. The van der Waals surface area contributed by atoms with E-state index >= 15 is 0 Å². The fourth-order valence-electron chi connectivity index (χ4n) is 0.617. The molecule has 0 aliphatic rings. The maximum Gasteiger partial charge on any atom is 0.342 e. The van der Waals surface area contributed by atoms with Crippen LogP contribution in [0.5, 0.6) is 0 Å². The van der Waals surface area contributed by atoms with Gasteiger partial charge in [0.25, 0.3) is 0 Å². The lowest BCUT2D eigenvalue weighted by molar-refractivity contribution is 0.610. The highest BCUT2D eigenvalue weighted by atomic mass is 127. The maximum atomic E-state index is 10.6. The molecule has 0 aromatic heterocycles. The molecule has 66 valence electrons. The first-order valence-electron chi connectivity index (χ1n) is 2.72. The highest BCUT2D eigenvalue weighted by molar-refractivity contribution is 14.2. The molecule has 0 fully saturated rings. The Hall–Kier alpha value is 0.420. The lowest BCUT2D eigenvalue weighted by Crippen LogP contribution is -1.77. The average Bonchev–Trinajstić information content (AvgIpc) is 1.96. The Morgan fingerprint density at radius 3 is 1.92 bits per heavy atom. The van der Waals surface area contributed by atoms with Crippen LogP contribution in [-0.4, -0.2) is 0 Å². The molecule has 1 aromatic rings. The zero-order valence-corrected chi connectivity index (χ0v) is 9.91. The molecule has 12 heavy (non-hydrogen) atoms. The normalized spacial score (nSPS) is 10.7. The molecule has 0 aliphatic carbocycles. The summed E-state index contributed by atoms with van der Waals surface area (Å²) in [5, 5.41) is 0.577. The molecule has 0 N–H and O–H groups in total. The summed E-state index contributed by atoms with van der Waals surface area (Å²) in [7, 11) is 0. The quantitative estimate of drug-likeness (QED) is 0.572. The van der Waals surface area contributed by atoms with Crippen molar-refractivity contribution in [3.05, 3.63) is 30.8 Å². The van der Waals surface area contributed by atoms with E-state index in [1.165, 1.54) is 12.1 Å². The van der Waals surface area contributed by atoms with Crippen LogP contribution in [0.25, 0.3) is 0 Å². The molecule has 0 heterocycles. The van der Waals surface area contributed by atoms with Crippen LogP contribution < -0.4 is 0 Å². The smallest absolute Gasteiger partial charge is 0.230 e. The number of hydrogen-bond acceptors (Lipinski definition) is 2. The number of benzene rings is 1. The van der Waals surface area contributed by atoms with Gasteiger partial charge in [0.15, 0.2) is 0 Å². The Kier molecular flexibility index (Phi) is 3.58. The van der Waals surface area contributed by atoms with Gasteiger partial charge in [-0.2, -0.15) is 0 Å². The highest BCUT2D eigenvalue weighted by Gasteiger charge is 2.09. The third kappa shape index (κ3) is 2.22. The molecule has 0 saturated heterocycles. The molecule has 0 aliphatic heterocycles. The van der Waals surface area contributed by atoms with Crippen LogP contribution >= 0.6 is 54.6 Å². The second kappa shape index (κ2) is 4.09. The van der Waals surface area contributed by atoms with Crippen LogP contribution in [0.1, 0.15) is 0 Å². The van der Waals surface area contributed by atoms with Crippen LogP contribution in [0.15, 0.2) is 12.1 Å². The van der Waals surface area contributed by atoms with Crippen LogP contribution in [0, 0.1) is 3.57 Å². The molecule has 0 unspecified atom stereocenters. The molecule has 0 spiro atoms. The SMILES string of the molecule is O=I(=O)c1cc(Cl)c(Cl)cc1Cl. The van der Waals surface area contributed by atoms with Gasteiger partial charge in [-0.1, -0.05) is 34.8 Å². The predicted molar refractivity (Wildman–Crippen MR) is 55.6 cm³/mol. The van der Waals surface area contributed by atoms with Crippen molar-refractivity contribution in [2.45, 2.75) is 0 Å². The van der Waals surface area contributed by atoms with E-state index in [9.17, 15) is 6.14 Å². The van der Waals surface area contributed by atoms with Crippen molar-refractivity contribution in [2.75, 3.05) is 0 Å². The molecular formula is C6H2Cl3IO2. The number of hydrogen-bond donors (Lipinski definition) is 0. The lowest BCUT2D eigenvalue weighted by Gasteiger charge is -1.97. The Balaban J connectivity index is 3.43. The fraction of sp³-hybridized carbons (Fsp3) is 0. The van der Waals surface area contributed by atoms with E-state index in [0.29, 0.717) is 0 Å². The zero-order valence-electron chi connectivity index (χ0n) is 5.48. The summed E-state index contributed by atoms with van der Waals surface area (Å²) < 4.78 is 21.3. The van der Waals surface area contributed by atoms with E-state index in [1.807, 2.05) is 0 Å². The first-order valence-corrected chi connectivity index (χ1v) is 6.69. The average molecular weight is 339 g/mol. The third-order valence-electron chi connectivity index (χ3n) is 1.13. The van der Waals surface area contributed by atoms with Gasteiger partial charge in [0, 0.05) is 0 Å². The molecule has 2 nitrogen and oxygen atoms in total. The highest BCUT2D eigenvalue weighted by Crippen LogP contribution is 2.33. The van der Waals surface area contributed by atoms with Crippen molar-refractivity contribution >= 4 is 54.6 Å². The van der Waals surface area contributed by atoms with Crippen molar-refractivity contribution in [1.29, 1.82) is 0 Å². The van der Waals surface area contributed by atoms with Gasteiger partial charge in [0.2, 0.25) is 0 Å². The molecule has 0 bridgehead atoms. The van der Waals surface area contributed by atoms with Crippen LogP contribution in [0.3, 0.4) is 0 Å². The maximum absolute atomic E-state index is 10.6. The Morgan fingerprint density at radius 2 is 1.42 bits per heavy atom.